The summed E-state index contributed by atoms with van der Waals surface area (Å²) in [6.07, 6.45) is 8.45. The Balaban J connectivity index is 2.26. The van der Waals surface area contributed by atoms with E-state index in [1.165, 1.54) is 5.70 Å². The Bertz CT molecular complexity index is 286. The summed E-state index contributed by atoms with van der Waals surface area (Å²) < 4.78 is 0. The van der Waals surface area contributed by atoms with Gasteiger partial charge in [-0.15, -0.1) is 0 Å². The van der Waals surface area contributed by atoms with Crippen LogP contribution < -0.4 is 0 Å². The van der Waals surface area contributed by atoms with Gasteiger partial charge in [0.05, 0.1) is 12.1 Å². The highest BCUT2D eigenvalue weighted by Crippen LogP contribution is 2.29. The first-order valence-corrected chi connectivity index (χ1v) is 4.84. The molecule has 0 amide bonds. The van der Waals surface area contributed by atoms with E-state index in [1.54, 1.807) is 0 Å². The lowest BCUT2D eigenvalue weighted by Crippen LogP contribution is -2.33. The van der Waals surface area contributed by atoms with Gasteiger partial charge in [0.15, 0.2) is 0 Å². The molecule has 2 nitrogen and oxygen atoms in total. The van der Waals surface area contributed by atoms with E-state index in [9.17, 15) is 0 Å². The summed E-state index contributed by atoms with van der Waals surface area (Å²) in [6.45, 7) is 4.46. The van der Waals surface area contributed by atoms with Crippen molar-refractivity contribution < 1.29 is 0 Å². The fourth-order valence-corrected chi connectivity index (χ4v) is 2.08. The van der Waals surface area contributed by atoms with E-state index in [2.05, 4.69) is 42.9 Å². The van der Waals surface area contributed by atoms with Crippen molar-refractivity contribution in [3.63, 3.8) is 0 Å². The Labute approximate surface area is 79.7 Å². The predicted octanol–water partition coefficient (Wildman–Crippen LogP) is 1.85. The number of fused-ring (bicyclic) bond motifs is 1. The normalized spacial score (nSPS) is 31.1. The fraction of sp³-hybridized carbons (Fsp3) is 0.545. The van der Waals surface area contributed by atoms with Crippen LogP contribution in [-0.4, -0.2) is 30.2 Å². The second-order valence-electron chi connectivity index (χ2n) is 4.02. The van der Waals surface area contributed by atoms with Crippen LogP contribution in [-0.2, 0) is 0 Å². The number of nitrogens with zero attached hydrogens (tertiary/aromatic N) is 2. The van der Waals surface area contributed by atoms with E-state index in [1.807, 2.05) is 12.3 Å². The molecular formula is C11H16N2. The molecule has 2 aliphatic heterocycles. The average molecular weight is 176 g/mol. The van der Waals surface area contributed by atoms with E-state index in [0.717, 1.165) is 0 Å². The monoisotopic (exact) mass is 176 g/mol. The lowest BCUT2D eigenvalue weighted by atomic mass is 10.1. The number of hydrogen-bond acceptors (Lipinski definition) is 2. The van der Waals surface area contributed by atoms with Crippen molar-refractivity contribution in [3.05, 3.63) is 23.9 Å². The molecule has 0 aliphatic carbocycles. The SMILES string of the molecule is CC(C)C1=CC2N=CC=CC2N1C. The molecule has 2 atom stereocenters. The predicted molar refractivity (Wildman–Crippen MR) is 55.9 cm³/mol. The van der Waals surface area contributed by atoms with Gasteiger partial charge in [0.2, 0.25) is 0 Å². The van der Waals surface area contributed by atoms with Crippen molar-refractivity contribution >= 4 is 6.21 Å². The summed E-state index contributed by atoms with van der Waals surface area (Å²) in [7, 11) is 2.15. The second kappa shape index (κ2) is 3.02. The summed E-state index contributed by atoms with van der Waals surface area (Å²) in [6, 6.07) is 0.815. The minimum absolute atomic E-state index is 0.354. The van der Waals surface area contributed by atoms with Crippen LogP contribution >= 0.6 is 0 Å². The molecule has 0 aromatic heterocycles. The van der Waals surface area contributed by atoms with Gasteiger partial charge in [-0.3, -0.25) is 4.99 Å². The maximum absolute atomic E-state index is 4.44. The van der Waals surface area contributed by atoms with Crippen molar-refractivity contribution in [2.24, 2.45) is 10.9 Å². The molecule has 0 radical (unpaired) electrons. The van der Waals surface area contributed by atoms with Crippen molar-refractivity contribution in [1.29, 1.82) is 0 Å². The Morgan fingerprint density at radius 3 is 2.85 bits per heavy atom. The molecule has 2 heterocycles. The van der Waals surface area contributed by atoms with Crippen molar-refractivity contribution in [3.8, 4) is 0 Å². The molecule has 0 N–H and O–H groups in total. The average Bonchev–Trinajstić information content (AvgIpc) is 2.45. The summed E-state index contributed by atoms with van der Waals surface area (Å²) in [5.74, 6) is 0.596. The maximum Gasteiger partial charge on any atom is 0.0938 e. The van der Waals surface area contributed by atoms with Gasteiger partial charge in [-0.1, -0.05) is 19.9 Å². The fourth-order valence-electron chi connectivity index (χ4n) is 2.08. The van der Waals surface area contributed by atoms with Gasteiger partial charge in [0.1, 0.15) is 0 Å². The topological polar surface area (TPSA) is 15.6 Å². The third-order valence-electron chi connectivity index (χ3n) is 2.79. The van der Waals surface area contributed by atoms with Gasteiger partial charge in [0.25, 0.3) is 0 Å². The lowest BCUT2D eigenvalue weighted by Gasteiger charge is -2.27. The second-order valence-corrected chi connectivity index (χ2v) is 4.02. The zero-order valence-electron chi connectivity index (χ0n) is 8.44. The van der Waals surface area contributed by atoms with E-state index in [-0.39, 0.29) is 0 Å². The zero-order valence-corrected chi connectivity index (χ0v) is 8.44. The molecule has 0 spiro atoms. The minimum atomic E-state index is 0.354. The number of aliphatic imine (C=N–C) groups is 1. The molecule has 0 saturated carbocycles. The van der Waals surface area contributed by atoms with E-state index in [4.69, 9.17) is 0 Å². The number of likely N-dealkylation sites (N-methyl/N-ethyl adjacent to an activating group) is 1. The summed E-state index contributed by atoms with van der Waals surface area (Å²) in [5, 5.41) is 0. The highest BCUT2D eigenvalue weighted by molar-refractivity contribution is 5.73. The van der Waals surface area contributed by atoms with Crippen molar-refractivity contribution in [1.82, 2.24) is 4.90 Å². The van der Waals surface area contributed by atoms with Crippen molar-refractivity contribution in [2.45, 2.75) is 25.9 Å². The van der Waals surface area contributed by atoms with Gasteiger partial charge in [-0.25, -0.2) is 0 Å². The Morgan fingerprint density at radius 2 is 2.23 bits per heavy atom. The smallest absolute Gasteiger partial charge is 0.0938 e. The van der Waals surface area contributed by atoms with Crippen LogP contribution in [0.25, 0.3) is 0 Å². The third kappa shape index (κ3) is 1.30. The van der Waals surface area contributed by atoms with Gasteiger partial charge >= 0.3 is 0 Å². The van der Waals surface area contributed by atoms with Gasteiger partial charge in [-0.05, 0) is 18.1 Å². The molecule has 2 heteroatoms. The molecule has 0 aromatic carbocycles. The van der Waals surface area contributed by atoms with Crippen LogP contribution in [0.5, 0.6) is 0 Å². The van der Waals surface area contributed by atoms with Gasteiger partial charge in [-0.2, -0.15) is 0 Å². The molecule has 13 heavy (non-hydrogen) atoms. The van der Waals surface area contributed by atoms with Crippen LogP contribution in [0.2, 0.25) is 0 Å². The molecule has 0 bridgehead atoms. The number of rotatable bonds is 1. The molecule has 2 aliphatic rings. The molecule has 0 saturated heterocycles. The molecule has 2 unspecified atom stereocenters. The van der Waals surface area contributed by atoms with Crippen LogP contribution in [0.3, 0.4) is 0 Å². The first-order valence-electron chi connectivity index (χ1n) is 4.84. The van der Waals surface area contributed by atoms with Gasteiger partial charge in [0, 0.05) is 19.0 Å². The molecule has 0 fully saturated rings. The third-order valence-corrected chi connectivity index (χ3v) is 2.79. The van der Waals surface area contributed by atoms with E-state index >= 15 is 0 Å². The van der Waals surface area contributed by atoms with Crippen LogP contribution in [0, 0.1) is 5.92 Å². The highest BCUT2D eigenvalue weighted by atomic mass is 15.2. The first kappa shape index (κ1) is 8.54. The van der Waals surface area contributed by atoms with Gasteiger partial charge < -0.3 is 4.90 Å². The summed E-state index contributed by atoms with van der Waals surface area (Å²) >= 11 is 0. The molecule has 70 valence electrons. The molecular weight excluding hydrogens is 160 g/mol. The zero-order chi connectivity index (χ0) is 9.42. The lowest BCUT2D eigenvalue weighted by molar-refractivity contribution is 0.339. The van der Waals surface area contributed by atoms with Crippen molar-refractivity contribution in [2.75, 3.05) is 7.05 Å². The number of dihydropyridines is 1. The first-order chi connectivity index (χ1) is 6.20. The largest absolute Gasteiger partial charge is 0.369 e. The maximum atomic E-state index is 4.44. The minimum Gasteiger partial charge on any atom is -0.369 e. The quantitative estimate of drug-likeness (QED) is 0.595. The Hall–Kier alpha value is -1.05. The summed E-state index contributed by atoms with van der Waals surface area (Å²) in [4.78, 5) is 6.78. The van der Waals surface area contributed by atoms with E-state index < -0.39 is 0 Å². The number of allylic oxidation sites excluding steroid dienone is 2. The number of hydrogen-bond donors (Lipinski definition) is 0. The van der Waals surface area contributed by atoms with Crippen LogP contribution in [0.4, 0.5) is 0 Å². The van der Waals surface area contributed by atoms with Crippen LogP contribution in [0.15, 0.2) is 28.9 Å². The Kier molecular flexibility index (Phi) is 1.98. The molecule has 2 rings (SSSR count). The standard InChI is InChI=1S/C11H16N2/c1-8(2)11-7-9-10(13(11)3)5-4-6-12-9/h4-10H,1-3H3. The summed E-state index contributed by atoms with van der Waals surface area (Å²) in [5.41, 5.74) is 1.42. The highest BCUT2D eigenvalue weighted by Gasteiger charge is 2.31. The Morgan fingerprint density at radius 1 is 1.46 bits per heavy atom. The van der Waals surface area contributed by atoms with E-state index in [0.29, 0.717) is 18.0 Å². The van der Waals surface area contributed by atoms with Crippen LogP contribution in [0.1, 0.15) is 13.8 Å². The molecule has 0 aromatic rings.